The molecule has 0 amide bonds. The van der Waals surface area contributed by atoms with Crippen LogP contribution in [0.2, 0.25) is 5.32 Å². The van der Waals surface area contributed by atoms with Gasteiger partial charge in [-0.05, 0) is 0 Å². The van der Waals surface area contributed by atoms with Crippen LogP contribution < -0.4 is 13.8 Å². The normalized spacial score (nSPS) is 12.1. The average Bonchev–Trinajstić information content (AvgIpc) is 3.10. The molecule has 1 aromatic heterocycles. The molecule has 136 valence electrons. The molecule has 5 heteroatoms. The maximum absolute atomic E-state index is 6.28. The van der Waals surface area contributed by atoms with Crippen molar-refractivity contribution < 1.29 is 14.0 Å². The third-order valence-electron chi connectivity index (χ3n) is 4.12. The molecule has 26 heavy (non-hydrogen) atoms. The first-order valence-corrected chi connectivity index (χ1v) is 10.8. The number of imidazole rings is 1. The molecular weight excluding hydrogens is 391 g/mol. The number of aryl methyl sites for hydroxylation is 1. The van der Waals surface area contributed by atoms with E-state index in [-0.39, 0.29) is 6.10 Å². The Labute approximate surface area is 161 Å². The van der Waals surface area contributed by atoms with Crippen LogP contribution in [0.4, 0.5) is 0 Å². The molecule has 3 rings (SSSR count). The second kappa shape index (κ2) is 9.58. The fourth-order valence-corrected chi connectivity index (χ4v) is 4.74. The second-order valence-electron chi connectivity index (χ2n) is 6.07. The number of aromatic nitrogens is 2. The third kappa shape index (κ3) is 5.46. The van der Waals surface area contributed by atoms with Gasteiger partial charge >= 0.3 is 161 Å². The van der Waals surface area contributed by atoms with Crippen molar-refractivity contribution in [3.63, 3.8) is 0 Å². The molecule has 0 aliphatic rings. The van der Waals surface area contributed by atoms with Gasteiger partial charge in [0.2, 0.25) is 0 Å². The molecule has 0 bridgehead atoms. The molecule has 0 aliphatic heterocycles. The molecule has 1 heterocycles. The Hall–Kier alpha value is -2.07. The van der Waals surface area contributed by atoms with Crippen molar-refractivity contribution in [3.05, 3.63) is 78.9 Å². The SMILES string of the molecule is COc1ccc(C(C[Se]c2ccccc2)OCCn2cc[n+](C)c2)cc1. The van der Waals surface area contributed by atoms with Crippen molar-refractivity contribution in [1.82, 2.24) is 4.57 Å². The summed E-state index contributed by atoms with van der Waals surface area (Å²) >= 11 is 0.381. The van der Waals surface area contributed by atoms with E-state index in [9.17, 15) is 0 Å². The Kier molecular flexibility index (Phi) is 6.89. The zero-order chi connectivity index (χ0) is 18.2. The number of ether oxygens (including phenoxy) is 2. The molecule has 0 N–H and O–H groups in total. The van der Waals surface area contributed by atoms with Crippen molar-refractivity contribution in [2.45, 2.75) is 18.0 Å². The molecule has 4 nitrogen and oxygen atoms in total. The van der Waals surface area contributed by atoms with Crippen molar-refractivity contribution in [3.8, 4) is 5.75 Å². The summed E-state index contributed by atoms with van der Waals surface area (Å²) in [6.45, 7) is 1.54. The molecular formula is C21H25N2O2Se+. The van der Waals surface area contributed by atoms with Crippen LogP contribution in [0.3, 0.4) is 0 Å². The monoisotopic (exact) mass is 417 g/mol. The van der Waals surface area contributed by atoms with E-state index in [1.165, 1.54) is 10.0 Å². The fraction of sp³-hybridized carbons (Fsp3) is 0.286. The summed E-state index contributed by atoms with van der Waals surface area (Å²) in [5, 5.41) is 1.02. The van der Waals surface area contributed by atoms with Crippen LogP contribution >= 0.6 is 0 Å². The van der Waals surface area contributed by atoms with Gasteiger partial charge in [0, 0.05) is 0 Å². The Morgan fingerprint density at radius 3 is 2.50 bits per heavy atom. The molecule has 0 aliphatic carbocycles. The number of methoxy groups -OCH3 is 1. The Balaban J connectivity index is 1.63. The predicted molar refractivity (Wildman–Crippen MR) is 104 cm³/mol. The molecule has 0 fully saturated rings. The van der Waals surface area contributed by atoms with Crippen LogP contribution in [-0.4, -0.2) is 33.2 Å². The van der Waals surface area contributed by atoms with Gasteiger partial charge in [0.05, 0.1) is 0 Å². The summed E-state index contributed by atoms with van der Waals surface area (Å²) in [6.07, 6.45) is 6.28. The van der Waals surface area contributed by atoms with Crippen molar-refractivity contribution in [2.75, 3.05) is 13.7 Å². The standard InChI is InChI=1S/C21H25N2O2Se/c1-22-12-13-23(17-22)14-15-25-21(16-26-20-6-4-3-5-7-20)18-8-10-19(24-2)11-9-18/h3-13,17,21H,14-16H2,1-2H3/q+1. The molecule has 2 aromatic carbocycles. The zero-order valence-electron chi connectivity index (χ0n) is 15.2. The summed E-state index contributed by atoms with van der Waals surface area (Å²) in [5.74, 6) is 0.876. The Bertz CT molecular complexity index is 787. The van der Waals surface area contributed by atoms with Gasteiger partial charge in [-0.3, -0.25) is 0 Å². The molecule has 1 atom stereocenters. The minimum atomic E-state index is 0.102. The average molecular weight is 416 g/mol. The minimum absolute atomic E-state index is 0.102. The van der Waals surface area contributed by atoms with E-state index < -0.39 is 0 Å². The quantitative estimate of drug-likeness (QED) is 0.396. The van der Waals surface area contributed by atoms with Crippen molar-refractivity contribution in [1.29, 1.82) is 0 Å². The molecule has 0 spiro atoms. The van der Waals surface area contributed by atoms with Crippen LogP contribution in [0, 0.1) is 0 Å². The zero-order valence-corrected chi connectivity index (χ0v) is 17.0. The number of rotatable bonds is 9. The van der Waals surface area contributed by atoms with E-state index in [0.29, 0.717) is 21.6 Å². The molecule has 0 saturated carbocycles. The van der Waals surface area contributed by atoms with E-state index in [1.807, 2.05) is 29.9 Å². The van der Waals surface area contributed by atoms with Gasteiger partial charge in [-0.15, -0.1) is 0 Å². The number of benzene rings is 2. The van der Waals surface area contributed by atoms with E-state index in [0.717, 1.165) is 17.6 Å². The predicted octanol–water partition coefficient (Wildman–Crippen LogP) is 2.53. The topological polar surface area (TPSA) is 27.3 Å². The van der Waals surface area contributed by atoms with Crippen molar-refractivity contribution in [2.24, 2.45) is 7.05 Å². The van der Waals surface area contributed by atoms with Gasteiger partial charge in [0.1, 0.15) is 0 Å². The fourth-order valence-electron chi connectivity index (χ4n) is 2.68. The maximum atomic E-state index is 6.28. The Morgan fingerprint density at radius 1 is 1.08 bits per heavy atom. The van der Waals surface area contributed by atoms with Crippen LogP contribution in [0.25, 0.3) is 0 Å². The Morgan fingerprint density at radius 2 is 1.85 bits per heavy atom. The van der Waals surface area contributed by atoms with Gasteiger partial charge < -0.3 is 0 Å². The summed E-state index contributed by atoms with van der Waals surface area (Å²) in [7, 11) is 3.72. The van der Waals surface area contributed by atoms with Crippen LogP contribution in [0.1, 0.15) is 11.7 Å². The van der Waals surface area contributed by atoms with E-state index in [4.69, 9.17) is 9.47 Å². The van der Waals surface area contributed by atoms with Gasteiger partial charge in [-0.2, -0.15) is 0 Å². The van der Waals surface area contributed by atoms with Gasteiger partial charge in [-0.1, -0.05) is 0 Å². The summed E-state index contributed by atoms with van der Waals surface area (Å²) in [4.78, 5) is 0. The number of hydrogen-bond acceptors (Lipinski definition) is 2. The number of nitrogens with zero attached hydrogens (tertiary/aromatic N) is 2. The summed E-state index contributed by atoms with van der Waals surface area (Å²) in [6, 6.07) is 18.9. The van der Waals surface area contributed by atoms with E-state index in [2.05, 4.69) is 59.6 Å². The molecule has 0 saturated heterocycles. The van der Waals surface area contributed by atoms with E-state index >= 15 is 0 Å². The van der Waals surface area contributed by atoms with Gasteiger partial charge in [0.25, 0.3) is 0 Å². The van der Waals surface area contributed by atoms with Crippen molar-refractivity contribution >= 4 is 19.4 Å². The molecule has 0 radical (unpaired) electrons. The number of hydrogen-bond donors (Lipinski definition) is 0. The summed E-state index contributed by atoms with van der Waals surface area (Å²) in [5.41, 5.74) is 1.21. The van der Waals surface area contributed by atoms with Gasteiger partial charge in [-0.25, -0.2) is 0 Å². The van der Waals surface area contributed by atoms with Crippen LogP contribution in [0.15, 0.2) is 73.3 Å². The van der Waals surface area contributed by atoms with Crippen LogP contribution in [-0.2, 0) is 18.3 Å². The summed E-state index contributed by atoms with van der Waals surface area (Å²) < 4.78 is 17.1. The molecule has 1 unspecified atom stereocenters. The third-order valence-corrected chi connectivity index (χ3v) is 6.38. The first kappa shape index (κ1) is 18.7. The van der Waals surface area contributed by atoms with E-state index in [1.54, 1.807) is 7.11 Å². The molecule has 3 aromatic rings. The second-order valence-corrected chi connectivity index (χ2v) is 8.37. The van der Waals surface area contributed by atoms with Gasteiger partial charge in [0.15, 0.2) is 0 Å². The first-order valence-electron chi connectivity index (χ1n) is 8.69. The first-order chi connectivity index (χ1) is 12.7. The van der Waals surface area contributed by atoms with Crippen LogP contribution in [0.5, 0.6) is 5.75 Å².